The summed E-state index contributed by atoms with van der Waals surface area (Å²) in [5.41, 5.74) is 0.427. The minimum atomic E-state index is -1.01. The van der Waals surface area contributed by atoms with Crippen LogP contribution >= 0.6 is 15.9 Å². The average Bonchev–Trinajstić information content (AvgIpc) is 2.63. The van der Waals surface area contributed by atoms with E-state index in [0.717, 1.165) is 4.47 Å². The second-order valence-corrected chi connectivity index (χ2v) is 5.25. The zero-order valence-corrected chi connectivity index (χ0v) is 12.2. The van der Waals surface area contributed by atoms with E-state index in [1.54, 1.807) is 30.8 Å². The molecule has 0 saturated heterocycles. The second kappa shape index (κ2) is 6.04. The van der Waals surface area contributed by atoms with Crippen LogP contribution in [0.5, 0.6) is 0 Å². The predicted molar refractivity (Wildman–Crippen MR) is 71.5 cm³/mol. The van der Waals surface area contributed by atoms with Crippen LogP contribution in [0, 0.1) is 5.92 Å². The molecule has 0 saturated carbocycles. The molecule has 0 aliphatic heterocycles. The second-order valence-electron chi connectivity index (χ2n) is 4.33. The number of nitrogens with zero attached hydrogens (tertiary/aromatic N) is 1. The number of halogens is 1. The van der Waals surface area contributed by atoms with Gasteiger partial charge in [-0.2, -0.15) is 0 Å². The van der Waals surface area contributed by atoms with E-state index in [9.17, 15) is 9.59 Å². The molecule has 18 heavy (non-hydrogen) atoms. The van der Waals surface area contributed by atoms with Crippen molar-refractivity contribution in [2.24, 2.45) is 13.0 Å². The Hall–Kier alpha value is -1.30. The van der Waals surface area contributed by atoms with Crippen LogP contribution in [0.3, 0.4) is 0 Å². The molecule has 0 aliphatic carbocycles. The van der Waals surface area contributed by atoms with Gasteiger partial charge in [0.1, 0.15) is 11.7 Å². The maximum Gasteiger partial charge on any atom is 0.326 e. The zero-order chi connectivity index (χ0) is 13.9. The average molecular weight is 317 g/mol. The fraction of sp³-hybridized carbons (Fsp3) is 0.500. The van der Waals surface area contributed by atoms with E-state index in [-0.39, 0.29) is 11.8 Å². The Morgan fingerprint density at radius 2 is 2.17 bits per heavy atom. The molecule has 6 heteroatoms. The molecule has 0 spiro atoms. The number of nitrogens with one attached hydrogen (secondary N) is 1. The lowest BCUT2D eigenvalue weighted by atomic mass is 9.99. The van der Waals surface area contributed by atoms with Crippen LogP contribution in [0.2, 0.25) is 0 Å². The van der Waals surface area contributed by atoms with Crippen LogP contribution in [0.4, 0.5) is 0 Å². The number of aryl methyl sites for hydroxylation is 1. The maximum atomic E-state index is 12.0. The van der Waals surface area contributed by atoms with Crippen molar-refractivity contribution in [2.75, 3.05) is 0 Å². The van der Waals surface area contributed by atoms with Gasteiger partial charge < -0.3 is 15.0 Å². The lowest BCUT2D eigenvalue weighted by molar-refractivity contribution is -0.140. The normalized spacial score (nSPS) is 14.0. The van der Waals surface area contributed by atoms with Gasteiger partial charge in [-0.05, 0) is 27.9 Å². The lowest BCUT2D eigenvalue weighted by Crippen LogP contribution is -2.45. The Bertz CT molecular complexity index is 456. The van der Waals surface area contributed by atoms with E-state index in [1.165, 1.54) is 0 Å². The molecular formula is C12H17BrN2O3. The monoisotopic (exact) mass is 316 g/mol. The highest BCUT2D eigenvalue weighted by molar-refractivity contribution is 9.10. The number of amides is 1. The largest absolute Gasteiger partial charge is 0.480 e. The number of hydrogen-bond donors (Lipinski definition) is 2. The third-order valence-corrected chi connectivity index (χ3v) is 3.40. The Labute approximate surface area is 114 Å². The summed E-state index contributed by atoms with van der Waals surface area (Å²) >= 11 is 3.27. The molecule has 1 aromatic rings. The minimum Gasteiger partial charge on any atom is -0.480 e. The SMILES string of the molecule is CCC(C)C(NC(=O)c1cc(Br)cn1C)C(=O)O. The molecule has 1 heterocycles. The van der Waals surface area contributed by atoms with Crippen LogP contribution in [0.25, 0.3) is 0 Å². The topological polar surface area (TPSA) is 71.3 Å². The summed E-state index contributed by atoms with van der Waals surface area (Å²) in [7, 11) is 1.73. The third-order valence-electron chi connectivity index (χ3n) is 2.97. The third kappa shape index (κ3) is 3.35. The fourth-order valence-corrected chi connectivity index (χ4v) is 2.17. The van der Waals surface area contributed by atoms with Crippen LogP contribution in [-0.4, -0.2) is 27.6 Å². The molecule has 1 rings (SSSR count). The van der Waals surface area contributed by atoms with Crippen molar-refractivity contribution in [3.8, 4) is 0 Å². The Kier molecular flexibility index (Phi) is 4.95. The summed E-state index contributed by atoms with van der Waals surface area (Å²) in [5.74, 6) is -1.50. The number of carboxylic acid groups (broad SMARTS) is 1. The van der Waals surface area contributed by atoms with Gasteiger partial charge in [0, 0.05) is 17.7 Å². The van der Waals surface area contributed by atoms with E-state index in [1.807, 2.05) is 6.92 Å². The number of aromatic nitrogens is 1. The summed E-state index contributed by atoms with van der Waals surface area (Å²) in [6.45, 7) is 3.70. The summed E-state index contributed by atoms with van der Waals surface area (Å²) in [4.78, 5) is 23.1. The van der Waals surface area contributed by atoms with Gasteiger partial charge in [-0.1, -0.05) is 20.3 Å². The molecule has 100 valence electrons. The molecule has 0 aliphatic rings. The number of carbonyl (C=O) groups excluding carboxylic acids is 1. The number of carbonyl (C=O) groups is 2. The molecule has 0 bridgehead atoms. The number of carboxylic acids is 1. The van der Waals surface area contributed by atoms with Crippen molar-refractivity contribution in [3.63, 3.8) is 0 Å². The van der Waals surface area contributed by atoms with E-state index in [2.05, 4.69) is 21.2 Å². The van der Waals surface area contributed by atoms with Gasteiger partial charge in [-0.25, -0.2) is 4.79 Å². The van der Waals surface area contributed by atoms with Crippen molar-refractivity contribution in [3.05, 3.63) is 22.4 Å². The van der Waals surface area contributed by atoms with E-state index < -0.39 is 12.0 Å². The molecule has 2 N–H and O–H groups in total. The number of hydrogen-bond acceptors (Lipinski definition) is 2. The quantitative estimate of drug-likeness (QED) is 0.873. The molecule has 1 aromatic heterocycles. The van der Waals surface area contributed by atoms with Gasteiger partial charge in [-0.3, -0.25) is 4.79 Å². The first-order valence-electron chi connectivity index (χ1n) is 5.72. The van der Waals surface area contributed by atoms with E-state index in [4.69, 9.17) is 5.11 Å². The maximum absolute atomic E-state index is 12.0. The standard InChI is InChI=1S/C12H17BrN2O3/c1-4-7(2)10(12(17)18)14-11(16)9-5-8(13)6-15(9)3/h5-7,10H,4H2,1-3H3,(H,14,16)(H,17,18). The van der Waals surface area contributed by atoms with Crippen LogP contribution < -0.4 is 5.32 Å². The van der Waals surface area contributed by atoms with Crippen LogP contribution in [0.1, 0.15) is 30.8 Å². The zero-order valence-electron chi connectivity index (χ0n) is 10.6. The first-order chi connectivity index (χ1) is 8.36. The Morgan fingerprint density at radius 1 is 1.56 bits per heavy atom. The summed E-state index contributed by atoms with van der Waals surface area (Å²) < 4.78 is 2.43. The fourth-order valence-electron chi connectivity index (χ4n) is 1.65. The first kappa shape index (κ1) is 14.8. The van der Waals surface area contributed by atoms with Gasteiger partial charge >= 0.3 is 5.97 Å². The number of aliphatic carboxylic acids is 1. The summed E-state index contributed by atoms with van der Waals surface area (Å²) in [6.07, 6.45) is 2.43. The van der Waals surface area contributed by atoms with Crippen molar-refractivity contribution >= 4 is 27.8 Å². The highest BCUT2D eigenvalue weighted by Gasteiger charge is 2.26. The molecule has 1 amide bonds. The molecular weight excluding hydrogens is 300 g/mol. The van der Waals surface area contributed by atoms with Crippen molar-refractivity contribution in [1.29, 1.82) is 0 Å². The highest BCUT2D eigenvalue weighted by Crippen LogP contribution is 2.15. The predicted octanol–water partition coefficient (Wildman–Crippen LogP) is 2.02. The highest BCUT2D eigenvalue weighted by atomic mass is 79.9. The summed E-state index contributed by atoms with van der Waals surface area (Å²) in [6, 6.07) is 0.793. The first-order valence-corrected chi connectivity index (χ1v) is 6.51. The summed E-state index contributed by atoms with van der Waals surface area (Å²) in [5, 5.41) is 11.7. The van der Waals surface area contributed by atoms with Crippen LogP contribution in [-0.2, 0) is 11.8 Å². The molecule has 2 atom stereocenters. The van der Waals surface area contributed by atoms with E-state index in [0.29, 0.717) is 12.1 Å². The molecule has 0 radical (unpaired) electrons. The van der Waals surface area contributed by atoms with Crippen molar-refractivity contribution in [2.45, 2.75) is 26.3 Å². The Morgan fingerprint density at radius 3 is 2.56 bits per heavy atom. The molecule has 0 aromatic carbocycles. The molecule has 0 fully saturated rings. The van der Waals surface area contributed by atoms with E-state index >= 15 is 0 Å². The number of rotatable bonds is 5. The minimum absolute atomic E-state index is 0.116. The smallest absolute Gasteiger partial charge is 0.326 e. The molecule has 2 unspecified atom stereocenters. The van der Waals surface area contributed by atoms with Gasteiger partial charge in [0.25, 0.3) is 5.91 Å². The van der Waals surface area contributed by atoms with Gasteiger partial charge in [-0.15, -0.1) is 0 Å². The van der Waals surface area contributed by atoms with Gasteiger partial charge in [0.15, 0.2) is 0 Å². The lowest BCUT2D eigenvalue weighted by Gasteiger charge is -2.20. The molecule has 5 nitrogen and oxygen atoms in total. The van der Waals surface area contributed by atoms with Gasteiger partial charge in [0.05, 0.1) is 0 Å². The van der Waals surface area contributed by atoms with Crippen LogP contribution in [0.15, 0.2) is 16.7 Å². The van der Waals surface area contributed by atoms with Gasteiger partial charge in [0.2, 0.25) is 0 Å². The Balaban J connectivity index is 2.85. The van der Waals surface area contributed by atoms with Crippen molar-refractivity contribution < 1.29 is 14.7 Å². The van der Waals surface area contributed by atoms with Crippen molar-refractivity contribution in [1.82, 2.24) is 9.88 Å².